The highest BCUT2D eigenvalue weighted by Crippen LogP contribution is 2.41. The van der Waals surface area contributed by atoms with Crippen molar-refractivity contribution in [2.75, 3.05) is 18.5 Å². The molecule has 1 aliphatic heterocycles. The Morgan fingerprint density at radius 3 is 2.77 bits per heavy atom. The number of ether oxygens (including phenoxy) is 1. The van der Waals surface area contributed by atoms with E-state index in [9.17, 15) is 9.90 Å². The van der Waals surface area contributed by atoms with Crippen molar-refractivity contribution in [3.05, 3.63) is 64.7 Å². The van der Waals surface area contributed by atoms with Gasteiger partial charge in [-0.1, -0.05) is 48.9 Å². The molecule has 1 amide bonds. The number of anilines is 1. The average Bonchev–Trinajstić information content (AvgIpc) is 2.70. The molecule has 0 saturated carbocycles. The smallest absolute Gasteiger partial charge is 0.224 e. The number of carbonyl (C=O) groups is 1. The van der Waals surface area contributed by atoms with Crippen LogP contribution in [0.1, 0.15) is 68.0 Å². The molecule has 0 bridgehead atoms. The first-order valence-corrected chi connectivity index (χ1v) is 10.8. The van der Waals surface area contributed by atoms with E-state index in [1.54, 1.807) is 13.8 Å². The molecule has 3 rings (SSSR count). The van der Waals surface area contributed by atoms with Gasteiger partial charge in [-0.15, -0.1) is 0 Å². The zero-order valence-corrected chi connectivity index (χ0v) is 18.5. The Morgan fingerprint density at radius 2 is 2.07 bits per heavy atom. The van der Waals surface area contributed by atoms with E-state index in [0.29, 0.717) is 6.61 Å². The van der Waals surface area contributed by atoms with E-state index >= 15 is 0 Å². The predicted molar refractivity (Wildman–Crippen MR) is 121 cm³/mol. The normalized spacial score (nSPS) is 18.4. The van der Waals surface area contributed by atoms with Crippen molar-refractivity contribution in [2.24, 2.45) is 0 Å². The van der Waals surface area contributed by atoms with Crippen molar-refractivity contribution in [2.45, 2.75) is 64.7 Å². The summed E-state index contributed by atoms with van der Waals surface area (Å²) in [5.41, 5.74) is 4.72. The van der Waals surface area contributed by atoms with Gasteiger partial charge in [-0.25, -0.2) is 0 Å². The van der Waals surface area contributed by atoms with Crippen LogP contribution in [-0.4, -0.2) is 29.8 Å². The first-order valence-electron chi connectivity index (χ1n) is 10.8. The number of benzene rings is 2. The Hall–Kier alpha value is -2.37. The summed E-state index contributed by atoms with van der Waals surface area (Å²) < 4.78 is 6.22. The van der Waals surface area contributed by atoms with Gasteiger partial charge in [0.25, 0.3) is 0 Å². The second-order valence-corrected chi connectivity index (χ2v) is 8.89. The number of aryl methyl sites for hydroxylation is 1. The Balaban J connectivity index is 1.78. The van der Waals surface area contributed by atoms with Crippen LogP contribution >= 0.6 is 0 Å². The molecule has 2 atom stereocenters. The summed E-state index contributed by atoms with van der Waals surface area (Å²) in [6.07, 6.45) is 2.09. The maximum atomic E-state index is 12.3. The van der Waals surface area contributed by atoms with E-state index in [2.05, 4.69) is 60.9 Å². The summed E-state index contributed by atoms with van der Waals surface area (Å²) in [5.74, 6) is -0.0930. The van der Waals surface area contributed by atoms with E-state index in [4.69, 9.17) is 4.74 Å². The Morgan fingerprint density at radius 1 is 1.27 bits per heavy atom. The van der Waals surface area contributed by atoms with Gasteiger partial charge >= 0.3 is 0 Å². The minimum absolute atomic E-state index is 0.00824. The van der Waals surface area contributed by atoms with Crippen molar-refractivity contribution >= 4 is 11.6 Å². The topological polar surface area (TPSA) is 70.6 Å². The first kappa shape index (κ1) is 22.3. The summed E-state index contributed by atoms with van der Waals surface area (Å²) in [5, 5.41) is 16.3. The number of rotatable bonds is 8. The molecule has 0 spiro atoms. The molecule has 0 radical (unpaired) electrons. The SMILES string of the molecule is CCCO[C@@H]1C[C@@H](c2cccc(C)c2)Nc2ccc(CC(=O)NCC(C)(C)O)cc21. The number of hydrogen-bond acceptors (Lipinski definition) is 4. The van der Waals surface area contributed by atoms with Gasteiger partial charge in [-0.3, -0.25) is 4.79 Å². The third-order valence-corrected chi connectivity index (χ3v) is 5.29. The lowest BCUT2D eigenvalue weighted by Crippen LogP contribution is -2.38. The molecule has 0 fully saturated rings. The number of aliphatic hydroxyl groups is 1. The third-order valence-electron chi connectivity index (χ3n) is 5.29. The average molecular weight is 411 g/mol. The minimum atomic E-state index is -0.917. The fourth-order valence-electron chi connectivity index (χ4n) is 3.79. The van der Waals surface area contributed by atoms with Crippen molar-refractivity contribution in [3.63, 3.8) is 0 Å². The Kier molecular flexibility index (Phi) is 7.16. The lowest BCUT2D eigenvalue weighted by molar-refractivity contribution is -0.121. The van der Waals surface area contributed by atoms with Crippen LogP contribution in [0.15, 0.2) is 42.5 Å². The molecule has 162 valence electrons. The van der Waals surface area contributed by atoms with E-state index in [1.807, 2.05) is 6.07 Å². The molecule has 5 heteroatoms. The summed E-state index contributed by atoms with van der Waals surface area (Å²) in [7, 11) is 0. The van der Waals surface area contributed by atoms with Gasteiger partial charge in [-0.2, -0.15) is 0 Å². The third kappa shape index (κ3) is 6.07. The van der Waals surface area contributed by atoms with Gasteiger partial charge in [0.15, 0.2) is 0 Å². The molecule has 2 aromatic rings. The van der Waals surface area contributed by atoms with E-state index in [0.717, 1.165) is 29.7 Å². The van der Waals surface area contributed by atoms with Gasteiger partial charge in [0.1, 0.15) is 0 Å². The highest BCUT2D eigenvalue weighted by molar-refractivity contribution is 5.79. The summed E-state index contributed by atoms with van der Waals surface area (Å²) in [6, 6.07) is 14.9. The Bertz CT molecular complexity index is 873. The van der Waals surface area contributed by atoms with Gasteiger partial charge in [0, 0.05) is 30.8 Å². The van der Waals surface area contributed by atoms with Crippen LogP contribution in [0.5, 0.6) is 0 Å². The van der Waals surface area contributed by atoms with Crippen molar-refractivity contribution in [1.82, 2.24) is 5.32 Å². The second kappa shape index (κ2) is 9.63. The molecule has 0 unspecified atom stereocenters. The maximum Gasteiger partial charge on any atom is 0.224 e. The maximum absolute atomic E-state index is 12.3. The molecule has 2 aromatic carbocycles. The fraction of sp³-hybridized carbons (Fsp3) is 0.480. The lowest BCUT2D eigenvalue weighted by atomic mass is 9.89. The van der Waals surface area contributed by atoms with Gasteiger partial charge in [0.05, 0.1) is 24.2 Å². The molecule has 1 aliphatic rings. The summed E-state index contributed by atoms with van der Waals surface area (Å²) in [4.78, 5) is 12.3. The molecule has 0 saturated heterocycles. The van der Waals surface area contributed by atoms with Crippen LogP contribution in [0, 0.1) is 6.92 Å². The second-order valence-electron chi connectivity index (χ2n) is 8.89. The van der Waals surface area contributed by atoms with Crippen molar-refractivity contribution in [1.29, 1.82) is 0 Å². The highest BCUT2D eigenvalue weighted by atomic mass is 16.5. The van der Waals surface area contributed by atoms with Crippen LogP contribution in [0.3, 0.4) is 0 Å². The van der Waals surface area contributed by atoms with Crippen LogP contribution in [-0.2, 0) is 16.0 Å². The van der Waals surface area contributed by atoms with E-state index < -0.39 is 5.60 Å². The highest BCUT2D eigenvalue weighted by Gasteiger charge is 2.28. The zero-order valence-electron chi connectivity index (χ0n) is 18.5. The van der Waals surface area contributed by atoms with Crippen molar-refractivity contribution in [3.8, 4) is 0 Å². The number of hydrogen-bond donors (Lipinski definition) is 3. The molecule has 5 nitrogen and oxygen atoms in total. The molecule has 3 N–H and O–H groups in total. The summed E-state index contributed by atoms with van der Waals surface area (Å²) >= 11 is 0. The first-order chi connectivity index (χ1) is 14.2. The van der Waals surface area contributed by atoms with Crippen molar-refractivity contribution < 1.29 is 14.6 Å². The van der Waals surface area contributed by atoms with Crippen LogP contribution in [0.2, 0.25) is 0 Å². The predicted octanol–water partition coefficient (Wildman–Crippen LogP) is 4.45. The largest absolute Gasteiger partial charge is 0.389 e. The number of carbonyl (C=O) groups excluding carboxylic acids is 1. The molecule has 0 aliphatic carbocycles. The lowest BCUT2D eigenvalue weighted by Gasteiger charge is -2.34. The standard InChI is InChI=1S/C25H34N2O3/c1-5-11-30-23-15-22(19-8-6-7-17(2)12-19)27-21-10-9-18(13-20(21)23)14-24(28)26-16-25(3,4)29/h6-10,12-13,22-23,27,29H,5,11,14-16H2,1-4H3,(H,26,28)/t22-,23+/m0/s1. The molecular formula is C25H34N2O3. The van der Waals surface area contributed by atoms with Gasteiger partial charge in [0.2, 0.25) is 5.91 Å². The zero-order chi connectivity index (χ0) is 21.7. The monoisotopic (exact) mass is 410 g/mol. The number of fused-ring (bicyclic) bond motifs is 1. The molecule has 1 heterocycles. The quantitative estimate of drug-likeness (QED) is 0.601. The van der Waals surface area contributed by atoms with Gasteiger partial charge < -0.3 is 20.5 Å². The summed E-state index contributed by atoms with van der Waals surface area (Å²) in [6.45, 7) is 8.53. The molecular weight excluding hydrogens is 376 g/mol. The molecule has 30 heavy (non-hydrogen) atoms. The van der Waals surface area contributed by atoms with E-state index in [-0.39, 0.29) is 31.0 Å². The van der Waals surface area contributed by atoms with Crippen LogP contribution < -0.4 is 10.6 Å². The molecule has 0 aromatic heterocycles. The fourth-order valence-corrected chi connectivity index (χ4v) is 3.79. The Labute approximate surface area is 179 Å². The number of nitrogens with one attached hydrogen (secondary N) is 2. The van der Waals surface area contributed by atoms with Gasteiger partial charge in [-0.05, 0) is 44.4 Å². The van der Waals surface area contributed by atoms with Crippen LogP contribution in [0.25, 0.3) is 0 Å². The number of amides is 1. The minimum Gasteiger partial charge on any atom is -0.389 e. The van der Waals surface area contributed by atoms with E-state index in [1.165, 1.54) is 11.1 Å². The van der Waals surface area contributed by atoms with Crippen LogP contribution in [0.4, 0.5) is 5.69 Å².